The lowest BCUT2D eigenvalue weighted by atomic mass is 9.85. The molecule has 4 nitrogen and oxygen atoms in total. The smallest absolute Gasteiger partial charge is 0.123 e. The predicted octanol–water partition coefficient (Wildman–Crippen LogP) is 6.19. The van der Waals surface area contributed by atoms with Crippen LogP contribution in [-0.2, 0) is 18.5 Å². The first-order chi connectivity index (χ1) is 15.9. The van der Waals surface area contributed by atoms with Gasteiger partial charge in [-0.2, -0.15) is 0 Å². The van der Waals surface area contributed by atoms with Crippen LogP contribution in [0.4, 0.5) is 5.69 Å². The van der Waals surface area contributed by atoms with E-state index in [4.69, 9.17) is 0 Å². The Hall–Kier alpha value is -2.85. The maximum Gasteiger partial charge on any atom is 0.123 e. The molecule has 2 atom stereocenters. The second-order valence-electron chi connectivity index (χ2n) is 10.2. The van der Waals surface area contributed by atoms with E-state index in [1.807, 2.05) is 24.5 Å². The zero-order valence-electron chi connectivity index (χ0n) is 20.2. The van der Waals surface area contributed by atoms with E-state index < -0.39 is 0 Å². The third-order valence-corrected chi connectivity index (χ3v) is 6.80. The molecule has 0 amide bonds. The minimum absolute atomic E-state index is 0.0812. The molecule has 0 unspecified atom stereocenters. The van der Waals surface area contributed by atoms with Gasteiger partial charge in [-0.1, -0.05) is 70.0 Å². The topological polar surface area (TPSA) is 48.4 Å². The first-order valence-corrected chi connectivity index (χ1v) is 12.2. The molecule has 0 saturated heterocycles. The van der Waals surface area contributed by atoms with Crippen molar-refractivity contribution in [3.63, 3.8) is 0 Å². The van der Waals surface area contributed by atoms with Gasteiger partial charge in [-0.05, 0) is 53.6 Å². The van der Waals surface area contributed by atoms with Gasteiger partial charge in [0, 0.05) is 48.8 Å². The SMILES string of the molecule is CC(C)(C)c1cccc(CN[C@H]2CCCC[C@@H]2N(Cc2ccncc2)c2ccccc2)c1O. The summed E-state index contributed by atoms with van der Waals surface area (Å²) in [7, 11) is 0. The molecule has 0 aliphatic heterocycles. The summed E-state index contributed by atoms with van der Waals surface area (Å²) in [6.45, 7) is 7.97. The van der Waals surface area contributed by atoms with Crippen molar-refractivity contribution in [3.05, 3.63) is 89.7 Å². The lowest BCUT2D eigenvalue weighted by molar-refractivity contribution is 0.308. The second kappa shape index (κ2) is 10.4. The quantitative estimate of drug-likeness (QED) is 0.457. The number of nitrogens with one attached hydrogen (secondary N) is 1. The van der Waals surface area contributed by atoms with Crippen LogP contribution >= 0.6 is 0 Å². The van der Waals surface area contributed by atoms with Crippen molar-refractivity contribution >= 4 is 5.69 Å². The average molecular weight is 444 g/mol. The standard InChI is InChI=1S/C29H37N3O/c1-29(2,3)25-13-9-10-23(28(25)33)20-31-26-14-7-8-15-27(26)32(24-11-5-4-6-12-24)21-22-16-18-30-19-17-22/h4-6,9-13,16-19,26-27,31,33H,7-8,14-15,20-21H2,1-3H3/t26-,27-/m0/s1. The number of phenols is 1. The molecule has 1 heterocycles. The zero-order valence-corrected chi connectivity index (χ0v) is 20.2. The number of aromatic nitrogens is 1. The Kier molecular flexibility index (Phi) is 7.34. The van der Waals surface area contributed by atoms with Crippen molar-refractivity contribution in [2.24, 2.45) is 0 Å². The Bertz CT molecular complexity index is 1010. The van der Waals surface area contributed by atoms with Crippen LogP contribution in [0.1, 0.15) is 63.1 Å². The minimum Gasteiger partial charge on any atom is -0.507 e. The van der Waals surface area contributed by atoms with E-state index in [9.17, 15) is 5.11 Å². The first-order valence-electron chi connectivity index (χ1n) is 12.2. The summed E-state index contributed by atoms with van der Waals surface area (Å²) in [6.07, 6.45) is 8.53. The molecule has 2 N–H and O–H groups in total. The normalized spacial score (nSPS) is 18.8. The van der Waals surface area contributed by atoms with E-state index in [1.165, 1.54) is 24.1 Å². The fourth-order valence-electron chi connectivity index (χ4n) is 5.01. The number of rotatable bonds is 7. The van der Waals surface area contributed by atoms with Crippen molar-refractivity contribution in [2.75, 3.05) is 4.90 Å². The van der Waals surface area contributed by atoms with E-state index in [0.717, 1.165) is 30.5 Å². The highest BCUT2D eigenvalue weighted by atomic mass is 16.3. The van der Waals surface area contributed by atoms with Crippen LogP contribution in [0.25, 0.3) is 0 Å². The summed E-state index contributed by atoms with van der Waals surface area (Å²) >= 11 is 0. The third kappa shape index (κ3) is 5.75. The van der Waals surface area contributed by atoms with Crippen LogP contribution in [0.5, 0.6) is 5.75 Å². The van der Waals surface area contributed by atoms with Gasteiger partial charge in [0.1, 0.15) is 5.75 Å². The maximum absolute atomic E-state index is 10.9. The van der Waals surface area contributed by atoms with E-state index in [0.29, 0.717) is 24.4 Å². The molecular weight excluding hydrogens is 406 g/mol. The zero-order chi connectivity index (χ0) is 23.3. The largest absolute Gasteiger partial charge is 0.507 e. The second-order valence-corrected chi connectivity index (χ2v) is 10.2. The number of pyridine rings is 1. The molecule has 0 bridgehead atoms. The fourth-order valence-corrected chi connectivity index (χ4v) is 5.01. The number of phenolic OH excluding ortho intramolecular Hbond substituents is 1. The van der Waals surface area contributed by atoms with Crippen LogP contribution in [-0.4, -0.2) is 22.2 Å². The molecule has 3 aromatic rings. The highest BCUT2D eigenvalue weighted by Gasteiger charge is 2.31. The van der Waals surface area contributed by atoms with Gasteiger partial charge in [0.05, 0.1) is 0 Å². The van der Waals surface area contributed by atoms with E-state index in [1.54, 1.807) is 0 Å². The molecule has 174 valence electrons. The fraction of sp³-hybridized carbons (Fsp3) is 0.414. The number of para-hydroxylation sites is 2. The minimum atomic E-state index is -0.0812. The van der Waals surface area contributed by atoms with Crippen molar-refractivity contribution in [1.82, 2.24) is 10.3 Å². The third-order valence-electron chi connectivity index (χ3n) is 6.80. The Morgan fingerprint density at radius 2 is 1.67 bits per heavy atom. The Morgan fingerprint density at radius 3 is 2.39 bits per heavy atom. The molecule has 1 fully saturated rings. The molecule has 4 rings (SSSR count). The number of aromatic hydroxyl groups is 1. The molecule has 33 heavy (non-hydrogen) atoms. The number of benzene rings is 2. The summed E-state index contributed by atoms with van der Waals surface area (Å²) in [5.41, 5.74) is 4.43. The van der Waals surface area contributed by atoms with Gasteiger partial charge < -0.3 is 15.3 Å². The van der Waals surface area contributed by atoms with Crippen LogP contribution < -0.4 is 10.2 Å². The molecule has 1 saturated carbocycles. The van der Waals surface area contributed by atoms with E-state index >= 15 is 0 Å². The molecule has 2 aromatic carbocycles. The van der Waals surface area contributed by atoms with Gasteiger partial charge in [-0.25, -0.2) is 0 Å². The highest BCUT2D eigenvalue weighted by Crippen LogP contribution is 2.34. The van der Waals surface area contributed by atoms with Crippen molar-refractivity contribution in [2.45, 2.75) is 77.0 Å². The van der Waals surface area contributed by atoms with Crippen molar-refractivity contribution in [3.8, 4) is 5.75 Å². The molecule has 4 heteroatoms. The number of hydrogen-bond donors (Lipinski definition) is 2. The summed E-state index contributed by atoms with van der Waals surface area (Å²) < 4.78 is 0. The Labute approximate surface area is 198 Å². The molecule has 1 aliphatic rings. The summed E-state index contributed by atoms with van der Waals surface area (Å²) in [5, 5.41) is 14.8. The van der Waals surface area contributed by atoms with Gasteiger partial charge in [-0.3, -0.25) is 4.98 Å². The predicted molar refractivity (Wildman–Crippen MR) is 137 cm³/mol. The highest BCUT2D eigenvalue weighted by molar-refractivity contribution is 5.48. The maximum atomic E-state index is 10.9. The Balaban J connectivity index is 1.56. The molecule has 0 spiro atoms. The molecule has 1 aliphatic carbocycles. The lowest BCUT2D eigenvalue weighted by Gasteiger charge is -2.42. The van der Waals surface area contributed by atoms with Gasteiger partial charge in [0.2, 0.25) is 0 Å². The van der Waals surface area contributed by atoms with Crippen LogP contribution in [0.3, 0.4) is 0 Å². The number of anilines is 1. The van der Waals surface area contributed by atoms with Gasteiger partial charge in [-0.15, -0.1) is 0 Å². The average Bonchev–Trinajstić information content (AvgIpc) is 2.83. The van der Waals surface area contributed by atoms with Crippen LogP contribution in [0.2, 0.25) is 0 Å². The van der Waals surface area contributed by atoms with Crippen LogP contribution in [0, 0.1) is 0 Å². The number of hydrogen-bond acceptors (Lipinski definition) is 4. The number of nitrogens with zero attached hydrogens (tertiary/aromatic N) is 2. The van der Waals surface area contributed by atoms with Gasteiger partial charge in [0.25, 0.3) is 0 Å². The van der Waals surface area contributed by atoms with E-state index in [2.05, 4.69) is 84.5 Å². The van der Waals surface area contributed by atoms with E-state index in [-0.39, 0.29) is 5.41 Å². The Morgan fingerprint density at radius 1 is 0.939 bits per heavy atom. The van der Waals surface area contributed by atoms with Crippen LogP contribution in [0.15, 0.2) is 73.1 Å². The lowest BCUT2D eigenvalue weighted by Crippen LogP contribution is -2.51. The van der Waals surface area contributed by atoms with Gasteiger partial charge >= 0.3 is 0 Å². The summed E-state index contributed by atoms with van der Waals surface area (Å²) in [5.74, 6) is 0.432. The monoisotopic (exact) mass is 443 g/mol. The van der Waals surface area contributed by atoms with Crippen molar-refractivity contribution in [1.29, 1.82) is 0 Å². The van der Waals surface area contributed by atoms with Crippen molar-refractivity contribution < 1.29 is 5.11 Å². The molecular formula is C29H37N3O. The molecule has 0 radical (unpaired) electrons. The van der Waals surface area contributed by atoms with Gasteiger partial charge in [0.15, 0.2) is 0 Å². The summed E-state index contributed by atoms with van der Waals surface area (Å²) in [4.78, 5) is 6.75. The first kappa shape index (κ1) is 23.3. The summed E-state index contributed by atoms with van der Waals surface area (Å²) in [6, 6.07) is 21.9. The molecule has 1 aromatic heterocycles.